The van der Waals surface area contributed by atoms with Crippen molar-refractivity contribution >= 4 is 16.9 Å². The van der Waals surface area contributed by atoms with Crippen LogP contribution in [0, 0.1) is 0 Å². The molecule has 0 amide bonds. The highest BCUT2D eigenvalue weighted by molar-refractivity contribution is 5.94. The number of halogens is 3. The second-order valence-corrected chi connectivity index (χ2v) is 6.48. The number of aromatic nitrogens is 3. The summed E-state index contributed by atoms with van der Waals surface area (Å²) in [5.74, 6) is -1.13. The van der Waals surface area contributed by atoms with Crippen LogP contribution in [0.25, 0.3) is 22.2 Å². The van der Waals surface area contributed by atoms with Gasteiger partial charge in [-0.05, 0) is 35.9 Å². The van der Waals surface area contributed by atoms with Gasteiger partial charge in [0.25, 0.3) is 0 Å². The summed E-state index contributed by atoms with van der Waals surface area (Å²) in [7, 11) is 0. The average molecular weight is 397 g/mol. The first-order chi connectivity index (χ1) is 13.8. The van der Waals surface area contributed by atoms with Crippen LogP contribution in [0.1, 0.15) is 21.6 Å². The Labute approximate surface area is 163 Å². The minimum atomic E-state index is -4.40. The first-order valence-corrected chi connectivity index (χ1v) is 8.64. The van der Waals surface area contributed by atoms with Crippen LogP contribution < -0.4 is 0 Å². The van der Waals surface area contributed by atoms with Gasteiger partial charge in [0.15, 0.2) is 0 Å². The zero-order chi connectivity index (χ0) is 20.6. The second kappa shape index (κ2) is 7.05. The monoisotopic (exact) mass is 397 g/mol. The molecule has 0 aliphatic carbocycles. The van der Waals surface area contributed by atoms with Gasteiger partial charge in [0.05, 0.1) is 23.3 Å². The predicted molar refractivity (Wildman–Crippen MR) is 100 cm³/mol. The van der Waals surface area contributed by atoms with Crippen molar-refractivity contribution in [1.82, 2.24) is 14.8 Å². The fraction of sp³-hybridized carbons (Fsp3) is 0.0952. The number of hydrogen-bond donors (Lipinski definition) is 1. The molecule has 4 rings (SSSR count). The smallest absolute Gasteiger partial charge is 0.416 e. The fourth-order valence-electron chi connectivity index (χ4n) is 3.13. The van der Waals surface area contributed by atoms with E-state index < -0.39 is 17.7 Å². The van der Waals surface area contributed by atoms with E-state index in [1.54, 1.807) is 47.3 Å². The van der Waals surface area contributed by atoms with Gasteiger partial charge in [-0.2, -0.15) is 18.3 Å². The molecule has 2 heterocycles. The zero-order valence-corrected chi connectivity index (χ0v) is 14.9. The molecule has 0 aliphatic rings. The maximum atomic E-state index is 12.9. The number of pyridine rings is 1. The van der Waals surface area contributed by atoms with Crippen LogP contribution in [-0.2, 0) is 12.7 Å². The minimum Gasteiger partial charge on any atom is -0.477 e. The molecule has 2 aromatic heterocycles. The molecule has 4 aromatic rings. The Bertz CT molecular complexity index is 1220. The van der Waals surface area contributed by atoms with E-state index in [9.17, 15) is 18.0 Å². The molecule has 8 heteroatoms. The number of rotatable bonds is 4. The highest BCUT2D eigenvalue weighted by atomic mass is 19.4. The normalized spacial score (nSPS) is 11.7. The molecule has 146 valence electrons. The lowest BCUT2D eigenvalue weighted by Crippen LogP contribution is -2.07. The summed E-state index contributed by atoms with van der Waals surface area (Å²) in [5, 5.41) is 14.3. The number of fused-ring (bicyclic) bond motifs is 1. The van der Waals surface area contributed by atoms with Crippen molar-refractivity contribution in [3.63, 3.8) is 0 Å². The number of carboxylic acid groups (broad SMARTS) is 1. The Morgan fingerprint density at radius 2 is 1.79 bits per heavy atom. The number of aromatic carboxylic acids is 1. The predicted octanol–water partition coefficient (Wildman–Crippen LogP) is 4.86. The molecule has 2 aromatic carbocycles. The van der Waals surface area contributed by atoms with Crippen molar-refractivity contribution in [2.24, 2.45) is 0 Å². The van der Waals surface area contributed by atoms with Crippen LogP contribution >= 0.6 is 0 Å². The standard InChI is InChI=1S/C21H14F3N3O2/c22-21(23,24)14-5-1-4-13(10-14)11-27-12-16-15(6-2-8-18(16)26-27)17-7-3-9-19(25-17)20(28)29/h1-10,12H,11H2,(H,28,29). The van der Waals surface area contributed by atoms with Gasteiger partial charge >= 0.3 is 12.1 Å². The quantitative estimate of drug-likeness (QED) is 0.534. The third kappa shape index (κ3) is 3.82. The molecule has 29 heavy (non-hydrogen) atoms. The average Bonchev–Trinajstić information content (AvgIpc) is 3.10. The molecular formula is C21H14F3N3O2. The summed E-state index contributed by atoms with van der Waals surface area (Å²) >= 11 is 0. The van der Waals surface area contributed by atoms with Gasteiger partial charge < -0.3 is 5.11 Å². The van der Waals surface area contributed by atoms with E-state index in [1.165, 1.54) is 12.1 Å². The minimum absolute atomic E-state index is 0.0733. The van der Waals surface area contributed by atoms with E-state index in [4.69, 9.17) is 5.11 Å². The Hall–Kier alpha value is -3.68. The topological polar surface area (TPSA) is 68.0 Å². The number of alkyl halides is 3. The summed E-state index contributed by atoms with van der Waals surface area (Å²) < 4.78 is 40.4. The van der Waals surface area contributed by atoms with E-state index in [0.29, 0.717) is 22.3 Å². The van der Waals surface area contributed by atoms with Gasteiger partial charge in [-0.15, -0.1) is 0 Å². The van der Waals surface area contributed by atoms with Crippen molar-refractivity contribution in [3.05, 3.63) is 83.7 Å². The molecule has 0 aliphatic heterocycles. The van der Waals surface area contributed by atoms with E-state index >= 15 is 0 Å². The summed E-state index contributed by atoms with van der Waals surface area (Å²) in [6.45, 7) is 0.167. The van der Waals surface area contributed by atoms with Crippen molar-refractivity contribution in [3.8, 4) is 11.3 Å². The van der Waals surface area contributed by atoms with Crippen LogP contribution in [0.15, 0.2) is 66.9 Å². The third-order valence-corrected chi connectivity index (χ3v) is 4.44. The first-order valence-electron chi connectivity index (χ1n) is 8.64. The Balaban J connectivity index is 1.72. The number of benzene rings is 2. The van der Waals surface area contributed by atoms with Gasteiger partial charge in [-0.3, -0.25) is 4.68 Å². The molecule has 1 N–H and O–H groups in total. The molecule has 0 atom stereocenters. The highest BCUT2D eigenvalue weighted by Gasteiger charge is 2.30. The van der Waals surface area contributed by atoms with Crippen LogP contribution in [0.5, 0.6) is 0 Å². The molecule has 0 spiro atoms. The van der Waals surface area contributed by atoms with Crippen LogP contribution in [0.3, 0.4) is 0 Å². The molecule has 0 saturated heterocycles. The lowest BCUT2D eigenvalue weighted by Gasteiger charge is -2.08. The van der Waals surface area contributed by atoms with Gasteiger partial charge in [0.1, 0.15) is 5.69 Å². The number of nitrogens with zero attached hydrogens (tertiary/aromatic N) is 3. The van der Waals surface area contributed by atoms with E-state index in [1.807, 2.05) is 0 Å². The lowest BCUT2D eigenvalue weighted by atomic mass is 10.1. The van der Waals surface area contributed by atoms with Crippen molar-refractivity contribution in [1.29, 1.82) is 0 Å². The summed E-state index contributed by atoms with van der Waals surface area (Å²) in [4.78, 5) is 15.4. The van der Waals surface area contributed by atoms with E-state index in [-0.39, 0.29) is 12.2 Å². The van der Waals surface area contributed by atoms with E-state index in [0.717, 1.165) is 17.5 Å². The maximum Gasteiger partial charge on any atom is 0.416 e. The van der Waals surface area contributed by atoms with Crippen LogP contribution in [0.4, 0.5) is 13.2 Å². The van der Waals surface area contributed by atoms with Crippen LogP contribution in [-0.4, -0.2) is 25.8 Å². The number of carboxylic acids is 1. The largest absolute Gasteiger partial charge is 0.477 e. The van der Waals surface area contributed by atoms with Gasteiger partial charge in [0, 0.05) is 17.1 Å². The fourth-order valence-corrected chi connectivity index (χ4v) is 3.13. The SMILES string of the molecule is O=C(O)c1cccc(-c2cccc3nn(Cc4cccc(C(F)(F)F)c4)cc23)n1. The van der Waals surface area contributed by atoms with Crippen molar-refractivity contribution < 1.29 is 23.1 Å². The molecule has 0 radical (unpaired) electrons. The first kappa shape index (κ1) is 18.7. The van der Waals surface area contributed by atoms with Gasteiger partial charge in [-0.1, -0.05) is 30.3 Å². The Morgan fingerprint density at radius 3 is 2.55 bits per heavy atom. The third-order valence-electron chi connectivity index (χ3n) is 4.44. The summed E-state index contributed by atoms with van der Waals surface area (Å²) in [6.07, 6.45) is -2.68. The molecule has 0 fully saturated rings. The molecule has 0 unspecified atom stereocenters. The highest BCUT2D eigenvalue weighted by Crippen LogP contribution is 2.30. The molecule has 0 saturated carbocycles. The summed E-state index contributed by atoms with van der Waals surface area (Å²) in [5.41, 5.74) is 1.50. The van der Waals surface area contributed by atoms with Gasteiger partial charge in [-0.25, -0.2) is 9.78 Å². The lowest BCUT2D eigenvalue weighted by molar-refractivity contribution is -0.137. The Morgan fingerprint density at radius 1 is 1.03 bits per heavy atom. The Kier molecular flexibility index (Phi) is 4.54. The number of hydrogen-bond acceptors (Lipinski definition) is 3. The summed E-state index contributed by atoms with van der Waals surface area (Å²) in [6, 6.07) is 15.2. The molecular weight excluding hydrogens is 383 g/mol. The van der Waals surface area contributed by atoms with E-state index in [2.05, 4.69) is 10.1 Å². The van der Waals surface area contributed by atoms with Gasteiger partial charge in [0.2, 0.25) is 0 Å². The van der Waals surface area contributed by atoms with Crippen molar-refractivity contribution in [2.45, 2.75) is 12.7 Å². The molecule has 5 nitrogen and oxygen atoms in total. The number of carbonyl (C=O) groups is 1. The molecule has 0 bridgehead atoms. The van der Waals surface area contributed by atoms with Crippen molar-refractivity contribution in [2.75, 3.05) is 0 Å². The zero-order valence-electron chi connectivity index (χ0n) is 14.9. The van der Waals surface area contributed by atoms with Crippen LogP contribution in [0.2, 0.25) is 0 Å². The second-order valence-electron chi connectivity index (χ2n) is 6.48. The maximum absolute atomic E-state index is 12.9.